The van der Waals surface area contributed by atoms with Crippen LogP contribution in [0, 0.1) is 6.92 Å². The molecule has 1 heterocycles. The van der Waals surface area contributed by atoms with Gasteiger partial charge in [-0.1, -0.05) is 34.8 Å². The molecule has 0 aliphatic heterocycles. The second kappa shape index (κ2) is 3.32. The van der Waals surface area contributed by atoms with Crippen molar-refractivity contribution in [3.63, 3.8) is 0 Å². The molecule has 0 spiro atoms. The van der Waals surface area contributed by atoms with Crippen molar-refractivity contribution < 1.29 is 0 Å². The number of hydrogen-bond acceptors (Lipinski definition) is 1. The van der Waals surface area contributed by atoms with E-state index in [0.29, 0.717) is 15.1 Å². The zero-order chi connectivity index (χ0) is 9.59. The standard InChI is InChI=1S/C9H5Cl3S/c1-4-3-13-6-2-5(10)8(11)9(12)7(4)6/h2-3H,1H3. The van der Waals surface area contributed by atoms with E-state index in [-0.39, 0.29) is 0 Å². The summed E-state index contributed by atoms with van der Waals surface area (Å²) < 4.78 is 1.08. The van der Waals surface area contributed by atoms with Gasteiger partial charge >= 0.3 is 0 Å². The Morgan fingerprint density at radius 3 is 2.54 bits per heavy atom. The lowest BCUT2D eigenvalue weighted by Gasteiger charge is -2.01. The molecule has 0 bridgehead atoms. The zero-order valence-electron chi connectivity index (χ0n) is 6.70. The highest BCUT2D eigenvalue weighted by molar-refractivity contribution is 7.17. The Balaban J connectivity index is 2.97. The first-order valence-corrected chi connectivity index (χ1v) is 5.64. The minimum absolute atomic E-state index is 0.442. The fourth-order valence-corrected chi connectivity index (χ4v) is 3.11. The number of aryl methyl sites for hydroxylation is 1. The Morgan fingerprint density at radius 1 is 1.15 bits per heavy atom. The van der Waals surface area contributed by atoms with E-state index in [9.17, 15) is 0 Å². The zero-order valence-corrected chi connectivity index (χ0v) is 9.78. The van der Waals surface area contributed by atoms with Crippen molar-refractivity contribution in [2.75, 3.05) is 0 Å². The largest absolute Gasteiger partial charge is 0.143 e. The Labute approximate surface area is 95.0 Å². The van der Waals surface area contributed by atoms with E-state index < -0.39 is 0 Å². The van der Waals surface area contributed by atoms with E-state index in [2.05, 4.69) is 0 Å². The molecule has 0 aliphatic carbocycles. The number of halogens is 3. The van der Waals surface area contributed by atoms with Crippen LogP contribution in [0.1, 0.15) is 5.56 Å². The van der Waals surface area contributed by atoms with E-state index >= 15 is 0 Å². The average Bonchev–Trinajstić information content (AvgIpc) is 2.43. The Morgan fingerprint density at radius 2 is 1.85 bits per heavy atom. The minimum Gasteiger partial charge on any atom is -0.143 e. The molecule has 1 aromatic heterocycles. The van der Waals surface area contributed by atoms with Crippen LogP contribution < -0.4 is 0 Å². The predicted molar refractivity (Wildman–Crippen MR) is 61.6 cm³/mol. The van der Waals surface area contributed by atoms with Crippen LogP contribution >= 0.6 is 46.1 Å². The number of fused-ring (bicyclic) bond motifs is 1. The van der Waals surface area contributed by atoms with Crippen molar-refractivity contribution in [1.82, 2.24) is 0 Å². The van der Waals surface area contributed by atoms with Crippen molar-refractivity contribution in [3.8, 4) is 0 Å². The Hall–Kier alpha value is 0.0500. The molecule has 2 aromatic rings. The molecule has 0 atom stereocenters. The minimum atomic E-state index is 0.442. The van der Waals surface area contributed by atoms with Crippen LogP contribution in [0.5, 0.6) is 0 Å². The van der Waals surface area contributed by atoms with Gasteiger partial charge in [0.05, 0.1) is 15.1 Å². The summed E-state index contributed by atoms with van der Waals surface area (Å²) >= 11 is 19.5. The third-order valence-electron chi connectivity index (χ3n) is 1.88. The predicted octanol–water partition coefficient (Wildman–Crippen LogP) is 5.17. The van der Waals surface area contributed by atoms with Gasteiger partial charge in [0.1, 0.15) is 0 Å². The summed E-state index contributed by atoms with van der Waals surface area (Å²) in [7, 11) is 0. The second-order valence-corrected chi connectivity index (χ2v) is 4.85. The SMILES string of the molecule is Cc1csc2cc(Cl)c(Cl)c(Cl)c12. The fourth-order valence-electron chi connectivity index (χ4n) is 1.24. The van der Waals surface area contributed by atoms with Crippen LogP contribution in [0.2, 0.25) is 15.1 Å². The molecule has 0 saturated carbocycles. The topological polar surface area (TPSA) is 0 Å². The molecule has 0 fully saturated rings. The van der Waals surface area contributed by atoms with E-state index in [0.717, 1.165) is 15.6 Å². The third kappa shape index (κ3) is 1.44. The van der Waals surface area contributed by atoms with Gasteiger partial charge in [-0.2, -0.15) is 0 Å². The summed E-state index contributed by atoms with van der Waals surface area (Å²) in [5.41, 5.74) is 1.14. The molecular weight excluding hydrogens is 247 g/mol. The van der Waals surface area contributed by atoms with Crippen LogP contribution in [-0.2, 0) is 0 Å². The molecule has 0 amide bonds. The first kappa shape index (κ1) is 9.60. The van der Waals surface area contributed by atoms with E-state index in [4.69, 9.17) is 34.8 Å². The molecule has 0 aliphatic rings. The molecule has 68 valence electrons. The molecule has 0 unspecified atom stereocenters. The maximum absolute atomic E-state index is 6.07. The van der Waals surface area contributed by atoms with Gasteiger partial charge in [0, 0.05) is 10.1 Å². The maximum atomic E-state index is 6.07. The Kier molecular flexibility index (Phi) is 2.45. The van der Waals surface area contributed by atoms with Gasteiger partial charge in [0.15, 0.2) is 0 Å². The van der Waals surface area contributed by atoms with Crippen molar-refractivity contribution >= 4 is 56.2 Å². The quantitative estimate of drug-likeness (QED) is 0.567. The summed E-state index contributed by atoms with van der Waals surface area (Å²) in [4.78, 5) is 0. The van der Waals surface area contributed by atoms with Crippen LogP contribution in [0.4, 0.5) is 0 Å². The molecule has 2 rings (SSSR count). The van der Waals surface area contributed by atoms with Crippen molar-refractivity contribution in [2.45, 2.75) is 6.92 Å². The third-order valence-corrected chi connectivity index (χ3v) is 4.19. The van der Waals surface area contributed by atoms with Gasteiger partial charge in [-0.15, -0.1) is 11.3 Å². The molecule has 0 radical (unpaired) electrons. The molecule has 1 aromatic carbocycles. The van der Waals surface area contributed by atoms with Gasteiger partial charge in [0.2, 0.25) is 0 Å². The summed E-state index contributed by atoms with van der Waals surface area (Å²) in [6, 6.07) is 1.85. The lowest BCUT2D eigenvalue weighted by Crippen LogP contribution is -1.75. The summed E-state index contributed by atoms with van der Waals surface area (Å²) in [6.45, 7) is 2.01. The Bertz CT molecular complexity index is 473. The van der Waals surface area contributed by atoms with Crippen LogP contribution in [0.15, 0.2) is 11.4 Å². The van der Waals surface area contributed by atoms with Gasteiger partial charge in [0.25, 0.3) is 0 Å². The monoisotopic (exact) mass is 250 g/mol. The normalized spacial score (nSPS) is 11.1. The lowest BCUT2D eigenvalue weighted by atomic mass is 10.2. The van der Waals surface area contributed by atoms with Gasteiger partial charge in [-0.3, -0.25) is 0 Å². The second-order valence-electron chi connectivity index (χ2n) is 2.78. The highest BCUT2D eigenvalue weighted by Gasteiger charge is 2.11. The van der Waals surface area contributed by atoms with Crippen LogP contribution in [0.25, 0.3) is 10.1 Å². The van der Waals surface area contributed by atoms with Crippen molar-refractivity contribution in [3.05, 3.63) is 32.1 Å². The molecule has 4 heteroatoms. The van der Waals surface area contributed by atoms with E-state index in [1.165, 1.54) is 0 Å². The summed E-state index contributed by atoms with van der Waals surface area (Å²) in [5.74, 6) is 0. The number of benzene rings is 1. The number of rotatable bonds is 0. The van der Waals surface area contributed by atoms with Gasteiger partial charge in [-0.05, 0) is 23.9 Å². The highest BCUT2D eigenvalue weighted by Crippen LogP contribution is 2.40. The first-order valence-electron chi connectivity index (χ1n) is 3.62. The van der Waals surface area contributed by atoms with Crippen molar-refractivity contribution in [2.24, 2.45) is 0 Å². The van der Waals surface area contributed by atoms with Crippen molar-refractivity contribution in [1.29, 1.82) is 0 Å². The summed E-state index contributed by atoms with van der Waals surface area (Å²) in [5, 5.41) is 4.57. The molecular formula is C9H5Cl3S. The van der Waals surface area contributed by atoms with E-state index in [1.54, 1.807) is 11.3 Å². The van der Waals surface area contributed by atoms with E-state index in [1.807, 2.05) is 18.4 Å². The molecule has 0 saturated heterocycles. The van der Waals surface area contributed by atoms with Crippen LogP contribution in [0.3, 0.4) is 0 Å². The first-order chi connectivity index (χ1) is 6.11. The molecule has 0 nitrogen and oxygen atoms in total. The number of thiophene rings is 1. The highest BCUT2D eigenvalue weighted by atomic mass is 35.5. The fraction of sp³-hybridized carbons (Fsp3) is 0.111. The average molecular weight is 252 g/mol. The van der Waals surface area contributed by atoms with Crippen LogP contribution in [-0.4, -0.2) is 0 Å². The lowest BCUT2D eigenvalue weighted by molar-refractivity contribution is 1.60. The number of hydrogen-bond donors (Lipinski definition) is 0. The molecule has 0 N–H and O–H groups in total. The maximum Gasteiger partial charge on any atom is 0.0785 e. The smallest absolute Gasteiger partial charge is 0.0785 e. The molecule has 13 heavy (non-hydrogen) atoms. The van der Waals surface area contributed by atoms with Gasteiger partial charge < -0.3 is 0 Å². The summed E-state index contributed by atoms with van der Waals surface area (Å²) in [6.07, 6.45) is 0. The van der Waals surface area contributed by atoms with Gasteiger partial charge in [-0.25, -0.2) is 0 Å².